The molecule has 0 bridgehead atoms. The van der Waals surface area contributed by atoms with Crippen LogP contribution in [-0.2, 0) is 4.74 Å². The van der Waals surface area contributed by atoms with Crippen LogP contribution in [0, 0.1) is 6.92 Å². The third-order valence-corrected chi connectivity index (χ3v) is 5.92. The second-order valence-electron chi connectivity index (χ2n) is 9.15. The average molecular weight is 399 g/mol. The number of carbonyl (C=O) groups excluding carboxylic acids is 2. The summed E-state index contributed by atoms with van der Waals surface area (Å²) in [6.07, 6.45) is 6.10. The van der Waals surface area contributed by atoms with Crippen LogP contribution in [0.25, 0.3) is 5.65 Å². The van der Waals surface area contributed by atoms with Crippen LogP contribution in [0.15, 0.2) is 12.3 Å². The Labute approximate surface area is 170 Å². The van der Waals surface area contributed by atoms with Crippen LogP contribution in [0.3, 0.4) is 0 Å². The van der Waals surface area contributed by atoms with Gasteiger partial charge in [-0.1, -0.05) is 0 Å². The van der Waals surface area contributed by atoms with Crippen LogP contribution < -0.4 is 4.90 Å². The highest BCUT2D eigenvalue weighted by atomic mass is 16.6. The number of likely N-dealkylation sites (tertiary alicyclic amines) is 1. The van der Waals surface area contributed by atoms with Gasteiger partial charge in [0.05, 0.1) is 5.69 Å². The molecule has 0 aromatic carbocycles. The standard InChI is InChI=1S/C21H29N5O3/c1-15-22-18-17(12-16(14-27)13-26(18)23-15)24-10-7-21(8-11-24)6-5-9-25(21)19(28)29-20(2,3)4/h12-14H,5-11H2,1-4H3. The van der Waals surface area contributed by atoms with Crippen LogP contribution >= 0.6 is 0 Å². The van der Waals surface area contributed by atoms with Gasteiger partial charge in [0.2, 0.25) is 0 Å². The summed E-state index contributed by atoms with van der Waals surface area (Å²) in [7, 11) is 0. The lowest BCUT2D eigenvalue weighted by molar-refractivity contribution is 0.00321. The summed E-state index contributed by atoms with van der Waals surface area (Å²) in [5.74, 6) is 0.676. The Morgan fingerprint density at radius 1 is 1.21 bits per heavy atom. The van der Waals surface area contributed by atoms with Gasteiger partial charge in [-0.05, 0) is 59.4 Å². The number of anilines is 1. The molecule has 8 heteroatoms. The van der Waals surface area contributed by atoms with E-state index in [0.717, 1.165) is 62.9 Å². The number of ether oxygens (including phenoxy) is 1. The van der Waals surface area contributed by atoms with E-state index < -0.39 is 5.60 Å². The summed E-state index contributed by atoms with van der Waals surface area (Å²) in [5, 5.41) is 4.37. The molecule has 29 heavy (non-hydrogen) atoms. The number of nitrogens with zero attached hydrogens (tertiary/aromatic N) is 5. The van der Waals surface area contributed by atoms with Crippen molar-refractivity contribution in [3.05, 3.63) is 23.7 Å². The number of aldehydes is 1. The topological polar surface area (TPSA) is 80.0 Å². The Balaban J connectivity index is 1.56. The number of hydrogen-bond acceptors (Lipinski definition) is 6. The number of carbonyl (C=O) groups is 2. The highest BCUT2D eigenvalue weighted by Gasteiger charge is 2.47. The quantitative estimate of drug-likeness (QED) is 0.722. The van der Waals surface area contributed by atoms with Gasteiger partial charge in [-0.15, -0.1) is 0 Å². The first-order valence-electron chi connectivity index (χ1n) is 10.3. The summed E-state index contributed by atoms with van der Waals surface area (Å²) in [6.45, 7) is 9.90. The van der Waals surface area contributed by atoms with Gasteiger partial charge in [0, 0.05) is 36.9 Å². The number of aromatic nitrogens is 3. The van der Waals surface area contributed by atoms with Crippen LogP contribution in [0.4, 0.5) is 10.5 Å². The summed E-state index contributed by atoms with van der Waals surface area (Å²) in [6, 6.07) is 1.88. The lowest BCUT2D eigenvalue weighted by atomic mass is 9.85. The monoisotopic (exact) mass is 399 g/mol. The van der Waals surface area contributed by atoms with Crippen LogP contribution in [0.2, 0.25) is 0 Å². The number of pyridine rings is 1. The Morgan fingerprint density at radius 2 is 1.93 bits per heavy atom. The minimum Gasteiger partial charge on any atom is -0.444 e. The van der Waals surface area contributed by atoms with Crippen molar-refractivity contribution in [3.63, 3.8) is 0 Å². The molecule has 0 saturated carbocycles. The molecule has 0 atom stereocenters. The molecule has 1 spiro atoms. The second kappa shape index (κ2) is 7.00. The minimum atomic E-state index is -0.492. The van der Waals surface area contributed by atoms with Crippen molar-refractivity contribution < 1.29 is 14.3 Å². The van der Waals surface area contributed by atoms with E-state index in [9.17, 15) is 9.59 Å². The first kappa shape index (κ1) is 19.7. The lowest BCUT2D eigenvalue weighted by Crippen LogP contribution is -2.55. The van der Waals surface area contributed by atoms with Crippen molar-refractivity contribution in [2.45, 2.75) is 64.5 Å². The number of rotatable bonds is 2. The summed E-state index contributed by atoms with van der Waals surface area (Å²) in [5.41, 5.74) is 1.63. The molecular formula is C21H29N5O3. The van der Waals surface area contributed by atoms with Gasteiger partial charge in [0.15, 0.2) is 11.9 Å². The average Bonchev–Trinajstić information content (AvgIpc) is 3.23. The molecule has 2 fully saturated rings. The first-order chi connectivity index (χ1) is 13.7. The Kier molecular flexibility index (Phi) is 4.75. The predicted molar refractivity (Wildman–Crippen MR) is 109 cm³/mol. The molecule has 4 rings (SSSR count). The van der Waals surface area contributed by atoms with Crippen molar-refractivity contribution in [1.82, 2.24) is 19.5 Å². The summed E-state index contributed by atoms with van der Waals surface area (Å²) >= 11 is 0. The third kappa shape index (κ3) is 3.68. The Bertz CT molecular complexity index is 938. The van der Waals surface area contributed by atoms with Gasteiger partial charge in [-0.3, -0.25) is 4.79 Å². The number of hydrogen-bond donors (Lipinski definition) is 0. The molecule has 0 unspecified atom stereocenters. The molecular weight excluding hydrogens is 370 g/mol. The highest BCUT2D eigenvalue weighted by Crippen LogP contribution is 2.40. The maximum absolute atomic E-state index is 12.8. The largest absolute Gasteiger partial charge is 0.444 e. The second-order valence-corrected chi connectivity index (χ2v) is 9.15. The molecule has 2 aliphatic heterocycles. The number of aryl methyl sites for hydroxylation is 1. The summed E-state index contributed by atoms with van der Waals surface area (Å²) in [4.78, 5) is 32.9. The maximum atomic E-state index is 12.8. The van der Waals surface area contributed by atoms with E-state index in [1.165, 1.54) is 0 Å². The molecule has 2 aliphatic rings. The van der Waals surface area contributed by atoms with Crippen molar-refractivity contribution in [2.24, 2.45) is 0 Å². The van der Waals surface area contributed by atoms with Crippen LogP contribution in [-0.4, -0.2) is 62.7 Å². The lowest BCUT2D eigenvalue weighted by Gasteiger charge is -2.45. The fourth-order valence-electron chi connectivity index (χ4n) is 4.62. The maximum Gasteiger partial charge on any atom is 0.410 e. The molecule has 156 valence electrons. The molecule has 4 heterocycles. The number of piperidine rings is 1. The Hall–Kier alpha value is -2.64. The molecule has 2 aromatic rings. The van der Waals surface area contributed by atoms with Gasteiger partial charge < -0.3 is 14.5 Å². The van der Waals surface area contributed by atoms with Gasteiger partial charge in [-0.25, -0.2) is 14.3 Å². The van der Waals surface area contributed by atoms with Gasteiger partial charge in [-0.2, -0.15) is 5.10 Å². The van der Waals surface area contributed by atoms with Gasteiger partial charge in [0.25, 0.3) is 0 Å². The van der Waals surface area contributed by atoms with Crippen LogP contribution in [0.5, 0.6) is 0 Å². The van der Waals surface area contributed by atoms with E-state index in [2.05, 4.69) is 15.0 Å². The molecule has 2 saturated heterocycles. The number of fused-ring (bicyclic) bond motifs is 1. The fourth-order valence-corrected chi connectivity index (χ4v) is 4.62. The normalized spacial score (nSPS) is 19.2. The van der Waals surface area contributed by atoms with E-state index in [1.54, 1.807) is 10.7 Å². The molecule has 1 amide bonds. The number of amides is 1. The van der Waals surface area contributed by atoms with Gasteiger partial charge in [0.1, 0.15) is 11.4 Å². The van der Waals surface area contributed by atoms with E-state index in [0.29, 0.717) is 11.4 Å². The van der Waals surface area contributed by atoms with E-state index >= 15 is 0 Å². The van der Waals surface area contributed by atoms with Gasteiger partial charge >= 0.3 is 6.09 Å². The summed E-state index contributed by atoms with van der Waals surface area (Å²) < 4.78 is 7.35. The minimum absolute atomic E-state index is 0.138. The Morgan fingerprint density at radius 3 is 2.59 bits per heavy atom. The zero-order chi connectivity index (χ0) is 20.8. The molecule has 0 radical (unpaired) electrons. The van der Waals surface area contributed by atoms with E-state index in [-0.39, 0.29) is 11.6 Å². The SMILES string of the molecule is Cc1nc2c(N3CCC4(CCCN4C(=O)OC(C)(C)C)CC3)cc(C=O)cn2n1. The smallest absolute Gasteiger partial charge is 0.410 e. The zero-order valence-corrected chi connectivity index (χ0v) is 17.6. The van der Waals surface area contributed by atoms with Crippen LogP contribution in [0.1, 0.15) is 62.6 Å². The van der Waals surface area contributed by atoms with E-state index in [1.807, 2.05) is 38.7 Å². The zero-order valence-electron chi connectivity index (χ0n) is 17.6. The fraction of sp³-hybridized carbons (Fsp3) is 0.619. The van der Waals surface area contributed by atoms with Crippen molar-refractivity contribution in [1.29, 1.82) is 0 Å². The molecule has 0 N–H and O–H groups in total. The van der Waals surface area contributed by atoms with E-state index in [4.69, 9.17) is 4.74 Å². The molecule has 2 aromatic heterocycles. The van der Waals surface area contributed by atoms with Crippen molar-refractivity contribution in [2.75, 3.05) is 24.5 Å². The predicted octanol–water partition coefficient (Wildman–Crippen LogP) is 3.22. The van der Waals surface area contributed by atoms with Crippen molar-refractivity contribution in [3.8, 4) is 0 Å². The molecule has 8 nitrogen and oxygen atoms in total. The third-order valence-electron chi connectivity index (χ3n) is 5.92. The highest BCUT2D eigenvalue weighted by molar-refractivity contribution is 5.81. The first-order valence-corrected chi connectivity index (χ1v) is 10.3. The van der Waals surface area contributed by atoms with Crippen molar-refractivity contribution >= 4 is 23.7 Å². The molecule has 0 aliphatic carbocycles.